The Morgan fingerprint density at radius 3 is 2.55 bits per heavy atom. The number of phenolic OH excluding ortho intramolecular Hbond substituents is 1. The number of aliphatic hydroxyl groups is 1. The molecule has 0 saturated heterocycles. The highest BCUT2D eigenvalue weighted by atomic mass is 16.5. The van der Waals surface area contributed by atoms with Gasteiger partial charge in [0.15, 0.2) is 23.0 Å². The summed E-state index contributed by atoms with van der Waals surface area (Å²) in [5, 5.41) is 19.4. The zero-order valence-corrected chi connectivity index (χ0v) is 11.4. The summed E-state index contributed by atoms with van der Waals surface area (Å²) in [7, 11) is 2.90. The van der Waals surface area contributed by atoms with E-state index in [1.54, 1.807) is 6.07 Å². The summed E-state index contributed by atoms with van der Waals surface area (Å²) in [5.41, 5.74) is 0.620. The first-order chi connectivity index (χ1) is 9.38. The number of aromatic hydroxyl groups is 1. The standard InChI is InChI=1S/C14H15NO5/c1-7(16)11-12(15(2)14(19)13(11)18)8-4-5-9(17)10(6-8)20-3/h4-6,12,17-18H,1-3H3/t12-/m1/s1. The molecule has 2 N–H and O–H groups in total. The molecule has 6 heteroatoms. The SMILES string of the molecule is COc1cc([C@@H]2C(C(C)=O)=C(O)C(=O)N2C)ccc1O. The molecule has 0 radical (unpaired) electrons. The van der Waals surface area contributed by atoms with Crippen molar-refractivity contribution in [2.45, 2.75) is 13.0 Å². The number of likely N-dealkylation sites (N-methyl/N-ethyl adjacent to an activating group) is 1. The van der Waals surface area contributed by atoms with Gasteiger partial charge >= 0.3 is 0 Å². The zero-order chi connectivity index (χ0) is 15.0. The molecule has 0 bridgehead atoms. The number of methoxy groups -OCH3 is 1. The van der Waals surface area contributed by atoms with Crippen molar-refractivity contribution in [3.63, 3.8) is 0 Å². The van der Waals surface area contributed by atoms with Gasteiger partial charge in [0.05, 0.1) is 18.7 Å². The molecular weight excluding hydrogens is 262 g/mol. The number of benzene rings is 1. The normalized spacial score (nSPS) is 18.6. The molecule has 1 aliphatic rings. The fraction of sp³-hybridized carbons (Fsp3) is 0.286. The monoisotopic (exact) mass is 277 g/mol. The number of amides is 1. The lowest BCUT2D eigenvalue weighted by Gasteiger charge is -2.22. The maximum Gasteiger partial charge on any atom is 0.289 e. The van der Waals surface area contributed by atoms with Crippen LogP contribution in [0.2, 0.25) is 0 Å². The van der Waals surface area contributed by atoms with Gasteiger partial charge in [-0.1, -0.05) is 6.07 Å². The van der Waals surface area contributed by atoms with Gasteiger partial charge in [0.25, 0.3) is 5.91 Å². The van der Waals surface area contributed by atoms with Crippen LogP contribution in [0, 0.1) is 0 Å². The largest absolute Gasteiger partial charge is 0.504 e. The zero-order valence-electron chi connectivity index (χ0n) is 11.4. The number of hydrogen-bond acceptors (Lipinski definition) is 5. The van der Waals surface area contributed by atoms with Gasteiger partial charge in [-0.2, -0.15) is 0 Å². The Labute approximate surface area is 115 Å². The minimum Gasteiger partial charge on any atom is -0.504 e. The number of aliphatic hydroxyl groups excluding tert-OH is 1. The van der Waals surface area contributed by atoms with Crippen molar-refractivity contribution in [1.29, 1.82) is 0 Å². The molecule has 0 fully saturated rings. The Balaban J connectivity index is 2.56. The molecule has 1 aromatic rings. The number of phenols is 1. The molecule has 2 rings (SSSR count). The Morgan fingerprint density at radius 2 is 2.00 bits per heavy atom. The van der Waals surface area contributed by atoms with Crippen LogP contribution in [0.1, 0.15) is 18.5 Å². The van der Waals surface area contributed by atoms with Gasteiger partial charge < -0.3 is 19.8 Å². The third-order valence-corrected chi connectivity index (χ3v) is 3.34. The van der Waals surface area contributed by atoms with Crippen molar-refractivity contribution in [3.05, 3.63) is 35.1 Å². The molecule has 1 aliphatic heterocycles. The number of ether oxygens (including phenoxy) is 1. The van der Waals surface area contributed by atoms with Crippen LogP contribution in [0.15, 0.2) is 29.5 Å². The lowest BCUT2D eigenvalue weighted by molar-refractivity contribution is -0.128. The predicted octanol–water partition coefficient (Wildman–Crippen LogP) is 1.31. The van der Waals surface area contributed by atoms with E-state index in [1.807, 2.05) is 0 Å². The minimum atomic E-state index is -0.686. The van der Waals surface area contributed by atoms with Gasteiger partial charge in [-0.25, -0.2) is 0 Å². The van der Waals surface area contributed by atoms with Crippen LogP contribution in [-0.2, 0) is 9.59 Å². The van der Waals surface area contributed by atoms with E-state index >= 15 is 0 Å². The van der Waals surface area contributed by atoms with E-state index in [9.17, 15) is 19.8 Å². The summed E-state index contributed by atoms with van der Waals surface area (Å²) in [4.78, 5) is 24.8. The number of carbonyl (C=O) groups is 2. The summed E-state index contributed by atoms with van der Waals surface area (Å²) in [6, 6.07) is 3.84. The van der Waals surface area contributed by atoms with Crippen molar-refractivity contribution in [1.82, 2.24) is 4.90 Å². The highest BCUT2D eigenvalue weighted by Crippen LogP contribution is 2.39. The highest BCUT2D eigenvalue weighted by Gasteiger charge is 2.40. The first-order valence-electron chi connectivity index (χ1n) is 5.96. The average molecular weight is 277 g/mol. The molecule has 1 atom stereocenters. The van der Waals surface area contributed by atoms with E-state index in [1.165, 1.54) is 38.1 Å². The third kappa shape index (κ3) is 1.99. The van der Waals surface area contributed by atoms with Crippen molar-refractivity contribution in [3.8, 4) is 11.5 Å². The van der Waals surface area contributed by atoms with E-state index < -0.39 is 17.7 Å². The van der Waals surface area contributed by atoms with Gasteiger partial charge in [-0.3, -0.25) is 9.59 Å². The van der Waals surface area contributed by atoms with E-state index in [0.29, 0.717) is 5.56 Å². The molecule has 20 heavy (non-hydrogen) atoms. The molecule has 0 unspecified atom stereocenters. The van der Waals surface area contributed by atoms with Crippen molar-refractivity contribution < 1.29 is 24.5 Å². The molecule has 6 nitrogen and oxygen atoms in total. The number of Topliss-reactive ketones (excluding diaryl/α,β-unsaturated/α-hetero) is 1. The Bertz CT molecular complexity index is 620. The fourth-order valence-electron chi connectivity index (χ4n) is 2.34. The highest BCUT2D eigenvalue weighted by molar-refractivity contribution is 6.07. The van der Waals surface area contributed by atoms with Gasteiger partial charge in [0, 0.05) is 7.05 Å². The molecular formula is C14H15NO5. The first kappa shape index (κ1) is 13.9. The number of nitrogens with zero attached hydrogens (tertiary/aromatic N) is 1. The minimum absolute atomic E-state index is 0.0409. The second-order valence-electron chi connectivity index (χ2n) is 4.57. The second-order valence-corrected chi connectivity index (χ2v) is 4.57. The van der Waals surface area contributed by atoms with Crippen molar-refractivity contribution in [2.75, 3.05) is 14.2 Å². The van der Waals surface area contributed by atoms with Crippen molar-refractivity contribution in [2.24, 2.45) is 0 Å². The molecule has 106 valence electrons. The third-order valence-electron chi connectivity index (χ3n) is 3.34. The predicted molar refractivity (Wildman–Crippen MR) is 70.5 cm³/mol. The topological polar surface area (TPSA) is 87.1 Å². The number of rotatable bonds is 3. The Morgan fingerprint density at radius 1 is 1.35 bits per heavy atom. The fourth-order valence-corrected chi connectivity index (χ4v) is 2.34. The van der Waals surface area contributed by atoms with Crippen molar-refractivity contribution >= 4 is 11.7 Å². The van der Waals surface area contributed by atoms with Gasteiger partial charge in [0.1, 0.15) is 0 Å². The van der Waals surface area contributed by atoms with Crippen LogP contribution in [-0.4, -0.2) is 41.0 Å². The summed E-state index contributed by atoms with van der Waals surface area (Å²) in [5.74, 6) is -1.32. The van der Waals surface area contributed by atoms with E-state index in [-0.39, 0.29) is 22.9 Å². The molecule has 0 aromatic heterocycles. The van der Waals surface area contributed by atoms with Crippen LogP contribution < -0.4 is 4.74 Å². The van der Waals surface area contributed by atoms with Crippen LogP contribution in [0.3, 0.4) is 0 Å². The van der Waals surface area contributed by atoms with Gasteiger partial charge in [0.2, 0.25) is 0 Å². The van der Waals surface area contributed by atoms with Crippen LogP contribution in [0.25, 0.3) is 0 Å². The molecule has 0 spiro atoms. The number of ketones is 1. The maximum atomic E-state index is 11.8. The Kier molecular flexibility index (Phi) is 3.40. The maximum absolute atomic E-state index is 11.8. The number of carbonyl (C=O) groups excluding carboxylic acids is 2. The first-order valence-corrected chi connectivity index (χ1v) is 5.96. The van der Waals surface area contributed by atoms with Crippen LogP contribution in [0.4, 0.5) is 0 Å². The molecule has 1 heterocycles. The van der Waals surface area contributed by atoms with E-state index in [0.717, 1.165) is 0 Å². The van der Waals surface area contributed by atoms with E-state index in [2.05, 4.69) is 0 Å². The van der Waals surface area contributed by atoms with E-state index in [4.69, 9.17) is 4.74 Å². The Hall–Kier alpha value is -2.50. The molecule has 0 aliphatic carbocycles. The molecule has 0 saturated carbocycles. The summed E-state index contributed by atoms with van der Waals surface area (Å²) < 4.78 is 5.01. The summed E-state index contributed by atoms with van der Waals surface area (Å²) >= 11 is 0. The van der Waals surface area contributed by atoms with Crippen LogP contribution >= 0.6 is 0 Å². The molecule has 1 amide bonds. The quantitative estimate of drug-likeness (QED) is 0.870. The smallest absolute Gasteiger partial charge is 0.289 e. The summed E-state index contributed by atoms with van der Waals surface area (Å²) in [6.45, 7) is 1.29. The van der Waals surface area contributed by atoms with Gasteiger partial charge in [-0.15, -0.1) is 0 Å². The molecule has 1 aromatic carbocycles. The lowest BCUT2D eigenvalue weighted by atomic mass is 9.96. The van der Waals surface area contributed by atoms with Gasteiger partial charge in [-0.05, 0) is 24.6 Å². The number of hydrogen-bond donors (Lipinski definition) is 2. The second kappa shape index (κ2) is 4.88. The van der Waals surface area contributed by atoms with Crippen LogP contribution in [0.5, 0.6) is 11.5 Å². The lowest BCUT2D eigenvalue weighted by Crippen LogP contribution is -2.26. The average Bonchev–Trinajstić information content (AvgIpc) is 2.64. The summed E-state index contributed by atoms with van der Waals surface area (Å²) in [6.07, 6.45) is 0.